The van der Waals surface area contributed by atoms with E-state index in [2.05, 4.69) is 42.5 Å². The Balaban J connectivity index is 1.91. The van der Waals surface area contributed by atoms with E-state index in [1.807, 2.05) is 13.8 Å². The van der Waals surface area contributed by atoms with Crippen molar-refractivity contribution >= 4 is 59.1 Å². The Labute approximate surface area is 472 Å². The fourth-order valence-corrected chi connectivity index (χ4v) is 8.41. The minimum Gasteiger partial charge on any atom is -0.508 e. The number of benzene rings is 3. The molecule has 0 aromatic heterocycles. The molecule has 9 amide bonds. The maximum absolute atomic E-state index is 14.3. The number of phenols is 1. The number of primary amides is 1. The van der Waals surface area contributed by atoms with Crippen molar-refractivity contribution in [3.05, 3.63) is 102 Å². The summed E-state index contributed by atoms with van der Waals surface area (Å²) < 4.78 is 0. The first-order valence-corrected chi connectivity index (χ1v) is 27.4. The molecule has 0 spiro atoms. The molecule has 81 heavy (non-hydrogen) atoms. The van der Waals surface area contributed by atoms with Gasteiger partial charge in [-0.2, -0.15) is 0 Å². The second-order valence-corrected chi connectivity index (χ2v) is 20.6. The lowest BCUT2D eigenvalue weighted by atomic mass is 10.0. The molecule has 24 heteroatoms. The van der Waals surface area contributed by atoms with Crippen molar-refractivity contribution in [2.45, 2.75) is 153 Å². The first kappa shape index (κ1) is 67.3. The number of nitrogens with two attached hydrogens (primary N) is 3. The summed E-state index contributed by atoms with van der Waals surface area (Å²) in [6.07, 6.45) is 0.212. The van der Waals surface area contributed by atoms with Gasteiger partial charge in [-0.15, -0.1) is 0 Å². The first-order valence-electron chi connectivity index (χ1n) is 27.4. The molecule has 3 aromatic rings. The molecule has 0 bridgehead atoms. The van der Waals surface area contributed by atoms with Crippen LogP contribution in [0.15, 0.2) is 84.9 Å². The molecular formula is C57H83N11O13. The molecule has 0 aliphatic heterocycles. The van der Waals surface area contributed by atoms with Crippen LogP contribution in [-0.4, -0.2) is 142 Å². The predicted molar refractivity (Wildman–Crippen MR) is 301 cm³/mol. The van der Waals surface area contributed by atoms with Crippen molar-refractivity contribution in [1.29, 1.82) is 0 Å². The number of aromatic hydroxyl groups is 1. The number of aliphatic hydroxyl groups is 1. The standard InChI is InChI=1S/C57H83N11O13/c1-34(2)29-43(49(60)73)64-54(78)46(32-38-21-23-39(70)24-22-38)66-52(76)41(20-12-14-28-59)61-51(75)40(19-11-13-27-58)62-53(77)42(25-26-48(71)72)63-57(81)47(33-69)68-56(80)45(31-37-17-9-6-10-18-37)67-55(79)44(65-50(74)35(3)4)30-36-15-7-5-8-16-36/h5-10,15-18,21-24,34-35,40-47,69-70H,11-14,19-20,25-33,58-59H2,1-4H3,(H2,60,73)(H,61,75)(H,62,77)(H,63,81)(H,64,78)(H,65,74)(H,66,76)(H,67,79)(H,68,80)(H,71,72)/t40-,41-,42-,43-,44-,45-,46-,47-/m0/s1. The quantitative estimate of drug-likeness (QED) is 0.0327. The van der Waals surface area contributed by atoms with E-state index in [-0.39, 0.29) is 69.7 Å². The maximum Gasteiger partial charge on any atom is 0.303 e. The van der Waals surface area contributed by atoms with Gasteiger partial charge in [0.05, 0.1) is 6.61 Å². The highest BCUT2D eigenvalue weighted by Gasteiger charge is 2.35. The zero-order valence-corrected chi connectivity index (χ0v) is 46.6. The predicted octanol–water partition coefficient (Wildman–Crippen LogP) is -0.399. The first-order chi connectivity index (χ1) is 38.5. The summed E-state index contributed by atoms with van der Waals surface area (Å²) in [4.78, 5) is 136. The van der Waals surface area contributed by atoms with Gasteiger partial charge in [0.2, 0.25) is 53.2 Å². The molecule has 0 fully saturated rings. The van der Waals surface area contributed by atoms with Crippen LogP contribution in [0.5, 0.6) is 5.75 Å². The summed E-state index contributed by atoms with van der Waals surface area (Å²) >= 11 is 0. The lowest BCUT2D eigenvalue weighted by molar-refractivity contribution is -0.139. The van der Waals surface area contributed by atoms with Crippen LogP contribution in [0.1, 0.15) is 102 Å². The van der Waals surface area contributed by atoms with E-state index in [0.29, 0.717) is 36.0 Å². The number of carboxylic acids is 1. The normalized spacial score (nSPS) is 14.1. The Morgan fingerprint density at radius 1 is 0.432 bits per heavy atom. The number of carbonyl (C=O) groups is 10. The van der Waals surface area contributed by atoms with Crippen LogP contribution in [0, 0.1) is 11.8 Å². The molecule has 0 unspecified atom stereocenters. The van der Waals surface area contributed by atoms with Crippen molar-refractivity contribution in [2.24, 2.45) is 29.0 Å². The van der Waals surface area contributed by atoms with E-state index in [9.17, 15) is 63.3 Å². The van der Waals surface area contributed by atoms with Gasteiger partial charge in [-0.05, 0) is 99.2 Å². The molecule has 0 heterocycles. The summed E-state index contributed by atoms with van der Waals surface area (Å²) in [6.45, 7) is 6.38. The van der Waals surface area contributed by atoms with Gasteiger partial charge in [0.1, 0.15) is 54.1 Å². The van der Waals surface area contributed by atoms with Gasteiger partial charge in [-0.3, -0.25) is 47.9 Å². The van der Waals surface area contributed by atoms with Crippen molar-refractivity contribution in [1.82, 2.24) is 42.5 Å². The Kier molecular flexibility index (Phi) is 29.6. The Morgan fingerprint density at radius 3 is 1.12 bits per heavy atom. The van der Waals surface area contributed by atoms with Gasteiger partial charge in [-0.25, -0.2) is 0 Å². The molecule has 0 radical (unpaired) electrons. The number of aliphatic hydroxyl groups excluding tert-OH is 1. The smallest absolute Gasteiger partial charge is 0.303 e. The van der Waals surface area contributed by atoms with Crippen molar-refractivity contribution in [2.75, 3.05) is 19.7 Å². The minimum atomic E-state index is -1.78. The monoisotopic (exact) mass is 1130 g/mol. The number of rotatable bonds is 37. The van der Waals surface area contributed by atoms with E-state index in [1.54, 1.807) is 74.5 Å². The van der Waals surface area contributed by atoms with Gasteiger partial charge < -0.3 is 75.1 Å². The molecule has 444 valence electrons. The molecule has 3 rings (SSSR count). The minimum absolute atomic E-state index is 0.00740. The van der Waals surface area contributed by atoms with E-state index < -0.39 is 133 Å². The van der Waals surface area contributed by atoms with Gasteiger partial charge in [0.15, 0.2) is 0 Å². The molecular weight excluding hydrogens is 1050 g/mol. The van der Waals surface area contributed by atoms with E-state index >= 15 is 0 Å². The highest BCUT2D eigenvalue weighted by Crippen LogP contribution is 2.15. The van der Waals surface area contributed by atoms with Crippen LogP contribution in [0.4, 0.5) is 0 Å². The number of carbonyl (C=O) groups excluding carboxylic acids is 9. The van der Waals surface area contributed by atoms with Crippen LogP contribution < -0.4 is 59.7 Å². The third-order valence-electron chi connectivity index (χ3n) is 13.0. The molecule has 24 nitrogen and oxygen atoms in total. The third kappa shape index (κ3) is 24.9. The molecule has 17 N–H and O–H groups in total. The summed E-state index contributed by atoms with van der Waals surface area (Å²) in [6, 6.07) is 12.1. The van der Waals surface area contributed by atoms with Gasteiger partial charge in [-0.1, -0.05) is 100 Å². The lowest BCUT2D eigenvalue weighted by Gasteiger charge is -2.28. The topological polar surface area (TPSA) is 406 Å². The average Bonchev–Trinajstić information content (AvgIpc) is 3.44. The number of nitrogens with one attached hydrogen (secondary N) is 8. The zero-order chi connectivity index (χ0) is 60.0. The number of hydrogen-bond acceptors (Lipinski definition) is 14. The van der Waals surface area contributed by atoms with Crippen LogP contribution >= 0.6 is 0 Å². The Bertz CT molecular complexity index is 2520. The largest absolute Gasteiger partial charge is 0.508 e. The summed E-state index contributed by atoms with van der Waals surface area (Å²) in [5.74, 6) is -9.43. The highest BCUT2D eigenvalue weighted by atomic mass is 16.4. The number of aliphatic carboxylic acids is 1. The second kappa shape index (κ2) is 35.6. The average molecular weight is 1130 g/mol. The van der Waals surface area contributed by atoms with Crippen LogP contribution in [0.2, 0.25) is 0 Å². The van der Waals surface area contributed by atoms with E-state index in [1.165, 1.54) is 24.3 Å². The Morgan fingerprint density at radius 2 is 0.765 bits per heavy atom. The Hall–Kier alpha value is -7.96. The van der Waals surface area contributed by atoms with Crippen LogP contribution in [0.3, 0.4) is 0 Å². The summed E-state index contributed by atoms with van der Waals surface area (Å²) in [7, 11) is 0. The highest BCUT2D eigenvalue weighted by molar-refractivity contribution is 5.98. The fourth-order valence-electron chi connectivity index (χ4n) is 8.41. The van der Waals surface area contributed by atoms with Crippen molar-refractivity contribution in [3.63, 3.8) is 0 Å². The second-order valence-electron chi connectivity index (χ2n) is 20.6. The van der Waals surface area contributed by atoms with Crippen LogP contribution in [0.25, 0.3) is 0 Å². The van der Waals surface area contributed by atoms with Crippen molar-refractivity contribution < 1.29 is 63.3 Å². The summed E-state index contributed by atoms with van der Waals surface area (Å²) in [5.41, 5.74) is 19.0. The number of carboxylic acid groups (broad SMARTS) is 1. The van der Waals surface area contributed by atoms with E-state index in [4.69, 9.17) is 17.2 Å². The van der Waals surface area contributed by atoms with Crippen molar-refractivity contribution in [3.8, 4) is 5.75 Å². The SMILES string of the molecule is CC(C)C[C@H](NC(=O)[C@H](Cc1ccc(O)cc1)NC(=O)[C@H](CCCCN)NC(=O)[C@H](CCCCN)NC(=O)[C@H](CCC(=O)O)NC(=O)[C@H](CO)NC(=O)[C@H](Cc1ccccc1)NC(=O)[C@H](Cc1ccccc1)NC(=O)C(C)C)C(N)=O. The molecule has 0 aliphatic carbocycles. The molecule has 0 saturated carbocycles. The number of unbranched alkanes of at least 4 members (excludes halogenated alkanes) is 2. The molecule has 0 saturated heterocycles. The number of hydrogen-bond donors (Lipinski definition) is 14. The fraction of sp³-hybridized carbons (Fsp3) is 0.509. The third-order valence-corrected chi connectivity index (χ3v) is 13.0. The number of amides is 9. The molecule has 8 atom stereocenters. The zero-order valence-electron chi connectivity index (χ0n) is 46.6. The maximum atomic E-state index is 14.3. The van der Waals surface area contributed by atoms with Gasteiger partial charge in [0.25, 0.3) is 0 Å². The van der Waals surface area contributed by atoms with E-state index in [0.717, 1.165) is 0 Å². The van der Waals surface area contributed by atoms with Gasteiger partial charge >= 0.3 is 5.97 Å². The van der Waals surface area contributed by atoms with Crippen LogP contribution in [-0.2, 0) is 67.2 Å². The molecule has 0 aliphatic rings. The lowest BCUT2D eigenvalue weighted by Crippen LogP contribution is -2.61. The summed E-state index contributed by atoms with van der Waals surface area (Å²) in [5, 5.41) is 50.9. The number of phenolic OH excluding ortho intramolecular Hbond substituents is 1. The molecule has 3 aromatic carbocycles. The van der Waals surface area contributed by atoms with Gasteiger partial charge in [0, 0.05) is 31.6 Å².